The number of rotatable bonds is 3. The highest BCUT2D eigenvalue weighted by Crippen LogP contribution is 2.26. The molecule has 0 amide bonds. The molecule has 0 bridgehead atoms. The molecule has 5 heteroatoms. The Morgan fingerprint density at radius 1 is 1.55 bits per heavy atom. The van der Waals surface area contributed by atoms with Crippen LogP contribution in [0.5, 0.6) is 0 Å². The number of likely N-dealkylation sites (tertiary alicyclic amines) is 1. The summed E-state index contributed by atoms with van der Waals surface area (Å²) in [6.45, 7) is 9.80. The maximum Gasteiger partial charge on any atom is 0.306 e. The van der Waals surface area contributed by atoms with Crippen molar-refractivity contribution in [1.82, 2.24) is 9.88 Å². The quantitative estimate of drug-likeness (QED) is 0.922. The molecule has 2 unspecified atom stereocenters. The minimum atomic E-state index is -0.678. The zero-order valence-electron chi connectivity index (χ0n) is 12.7. The van der Waals surface area contributed by atoms with Gasteiger partial charge >= 0.3 is 5.97 Å². The number of aromatic nitrogens is 1. The Morgan fingerprint density at radius 3 is 2.75 bits per heavy atom. The zero-order valence-corrected chi connectivity index (χ0v) is 12.7. The first-order valence-corrected chi connectivity index (χ1v) is 7.19. The molecule has 2 rings (SSSR count). The molecule has 20 heavy (non-hydrogen) atoms. The third-order valence-corrected chi connectivity index (χ3v) is 3.99. The van der Waals surface area contributed by atoms with E-state index in [2.05, 4.69) is 37.6 Å². The second-order valence-electron chi connectivity index (χ2n) is 6.75. The van der Waals surface area contributed by atoms with Gasteiger partial charge < -0.3 is 9.52 Å². The summed E-state index contributed by atoms with van der Waals surface area (Å²) in [5.74, 6) is 0.717. The first-order valence-electron chi connectivity index (χ1n) is 7.19. The lowest BCUT2D eigenvalue weighted by Gasteiger charge is -2.35. The van der Waals surface area contributed by atoms with Gasteiger partial charge in [0.1, 0.15) is 5.76 Å². The lowest BCUT2D eigenvalue weighted by molar-refractivity contribution is -0.144. The average molecular weight is 280 g/mol. The van der Waals surface area contributed by atoms with E-state index >= 15 is 0 Å². The van der Waals surface area contributed by atoms with Crippen LogP contribution in [0.3, 0.4) is 0 Å². The van der Waals surface area contributed by atoms with Crippen molar-refractivity contribution in [2.45, 2.75) is 58.5 Å². The number of oxazole rings is 1. The summed E-state index contributed by atoms with van der Waals surface area (Å²) in [6, 6.07) is 0.245. The van der Waals surface area contributed by atoms with Crippen LogP contribution in [0.1, 0.15) is 52.2 Å². The third-order valence-electron chi connectivity index (χ3n) is 3.99. The summed E-state index contributed by atoms with van der Waals surface area (Å²) >= 11 is 0. The van der Waals surface area contributed by atoms with E-state index in [1.807, 2.05) is 0 Å². The normalized spacial score (nSPS) is 24.8. The number of carboxylic acid groups (broad SMARTS) is 1. The first-order chi connectivity index (χ1) is 9.27. The van der Waals surface area contributed by atoms with E-state index in [0.29, 0.717) is 19.4 Å². The van der Waals surface area contributed by atoms with Crippen LogP contribution in [0.2, 0.25) is 0 Å². The van der Waals surface area contributed by atoms with Gasteiger partial charge in [-0.3, -0.25) is 9.69 Å². The highest BCUT2D eigenvalue weighted by Gasteiger charge is 2.30. The van der Waals surface area contributed by atoms with Crippen molar-refractivity contribution in [2.75, 3.05) is 6.54 Å². The molecule has 1 aliphatic rings. The number of carboxylic acids is 1. The Hall–Kier alpha value is -1.36. The lowest BCUT2D eigenvalue weighted by atomic mass is 9.92. The van der Waals surface area contributed by atoms with Crippen LogP contribution in [0.4, 0.5) is 0 Å². The molecule has 0 aliphatic carbocycles. The number of hydrogen-bond acceptors (Lipinski definition) is 4. The topological polar surface area (TPSA) is 66.6 Å². The summed E-state index contributed by atoms with van der Waals surface area (Å²) in [6.07, 6.45) is 3.19. The van der Waals surface area contributed by atoms with Crippen LogP contribution in [0.25, 0.3) is 0 Å². The van der Waals surface area contributed by atoms with Crippen LogP contribution in [-0.2, 0) is 16.8 Å². The fourth-order valence-electron chi connectivity index (χ4n) is 2.58. The Bertz CT molecular complexity index is 476. The molecule has 1 fully saturated rings. The fourth-order valence-corrected chi connectivity index (χ4v) is 2.58. The van der Waals surface area contributed by atoms with Crippen LogP contribution in [-0.4, -0.2) is 33.5 Å². The largest absolute Gasteiger partial charge is 0.481 e. The van der Waals surface area contributed by atoms with Crippen molar-refractivity contribution in [1.29, 1.82) is 0 Å². The molecule has 1 aromatic heterocycles. The Morgan fingerprint density at radius 2 is 2.25 bits per heavy atom. The van der Waals surface area contributed by atoms with E-state index in [9.17, 15) is 4.79 Å². The molecule has 0 spiro atoms. The van der Waals surface area contributed by atoms with Gasteiger partial charge in [0.05, 0.1) is 18.7 Å². The van der Waals surface area contributed by atoms with E-state index in [1.54, 1.807) is 6.20 Å². The number of carbonyl (C=O) groups is 1. The van der Waals surface area contributed by atoms with Crippen molar-refractivity contribution >= 4 is 5.97 Å². The van der Waals surface area contributed by atoms with Crippen LogP contribution in [0, 0.1) is 5.92 Å². The van der Waals surface area contributed by atoms with Crippen molar-refractivity contribution in [3.05, 3.63) is 17.8 Å². The standard InChI is InChI=1S/C15H24N2O3/c1-10-7-11(14(18)19)5-6-17(10)9-13-16-8-12(20-13)15(2,3)4/h8,10-11H,5-7,9H2,1-4H3,(H,18,19). The van der Waals surface area contributed by atoms with Crippen LogP contribution >= 0.6 is 0 Å². The number of nitrogens with zero attached hydrogens (tertiary/aromatic N) is 2. The minimum Gasteiger partial charge on any atom is -0.481 e. The summed E-state index contributed by atoms with van der Waals surface area (Å²) in [5.41, 5.74) is -0.0346. The van der Waals surface area contributed by atoms with E-state index in [0.717, 1.165) is 18.2 Å². The summed E-state index contributed by atoms with van der Waals surface area (Å²) in [4.78, 5) is 17.6. The van der Waals surface area contributed by atoms with E-state index < -0.39 is 5.97 Å². The number of hydrogen-bond donors (Lipinski definition) is 1. The summed E-state index contributed by atoms with van der Waals surface area (Å²) in [5, 5.41) is 9.08. The first kappa shape index (κ1) is 15.0. The average Bonchev–Trinajstić information content (AvgIpc) is 2.80. The molecule has 5 nitrogen and oxygen atoms in total. The molecule has 1 N–H and O–H groups in total. The van der Waals surface area contributed by atoms with Gasteiger partial charge in [0.2, 0.25) is 5.89 Å². The fraction of sp³-hybridized carbons (Fsp3) is 0.733. The monoisotopic (exact) mass is 280 g/mol. The molecular weight excluding hydrogens is 256 g/mol. The third kappa shape index (κ3) is 3.39. The highest BCUT2D eigenvalue weighted by molar-refractivity contribution is 5.70. The second-order valence-corrected chi connectivity index (χ2v) is 6.75. The SMILES string of the molecule is CC1CC(C(=O)O)CCN1Cc1ncc(C(C)(C)C)o1. The Labute approximate surface area is 120 Å². The van der Waals surface area contributed by atoms with E-state index in [4.69, 9.17) is 9.52 Å². The van der Waals surface area contributed by atoms with Crippen molar-refractivity contribution in [2.24, 2.45) is 5.92 Å². The maximum atomic E-state index is 11.0. The van der Waals surface area contributed by atoms with Crippen LogP contribution in [0.15, 0.2) is 10.6 Å². The van der Waals surface area contributed by atoms with Crippen LogP contribution < -0.4 is 0 Å². The predicted octanol–water partition coefficient (Wildman–Crippen LogP) is 2.66. The van der Waals surface area contributed by atoms with Crippen molar-refractivity contribution in [3.8, 4) is 0 Å². The van der Waals surface area contributed by atoms with Gasteiger partial charge in [0, 0.05) is 11.5 Å². The second kappa shape index (κ2) is 5.56. The molecular formula is C15H24N2O3. The smallest absolute Gasteiger partial charge is 0.306 e. The van der Waals surface area contributed by atoms with Crippen molar-refractivity contribution < 1.29 is 14.3 Å². The van der Waals surface area contributed by atoms with Crippen molar-refractivity contribution in [3.63, 3.8) is 0 Å². The predicted molar refractivity (Wildman–Crippen MR) is 75.4 cm³/mol. The van der Waals surface area contributed by atoms with Gasteiger partial charge in [-0.2, -0.15) is 0 Å². The summed E-state index contributed by atoms with van der Waals surface area (Å²) < 4.78 is 5.80. The molecule has 0 aromatic carbocycles. The molecule has 0 saturated carbocycles. The molecule has 1 saturated heterocycles. The van der Waals surface area contributed by atoms with Gasteiger partial charge in [-0.25, -0.2) is 4.98 Å². The Kier molecular flexibility index (Phi) is 4.18. The molecule has 2 atom stereocenters. The van der Waals surface area contributed by atoms with E-state index in [-0.39, 0.29) is 17.4 Å². The molecule has 1 aromatic rings. The van der Waals surface area contributed by atoms with Gasteiger partial charge in [-0.1, -0.05) is 20.8 Å². The van der Waals surface area contributed by atoms with Gasteiger partial charge in [-0.05, 0) is 26.3 Å². The zero-order chi connectivity index (χ0) is 14.9. The minimum absolute atomic E-state index is 0.0346. The van der Waals surface area contributed by atoms with Gasteiger partial charge in [0.15, 0.2) is 0 Å². The number of aliphatic carboxylic acids is 1. The maximum absolute atomic E-state index is 11.0. The molecule has 112 valence electrons. The molecule has 2 heterocycles. The van der Waals surface area contributed by atoms with Gasteiger partial charge in [0.25, 0.3) is 0 Å². The van der Waals surface area contributed by atoms with Gasteiger partial charge in [-0.15, -0.1) is 0 Å². The van der Waals surface area contributed by atoms with E-state index in [1.165, 1.54) is 0 Å². The lowest BCUT2D eigenvalue weighted by Crippen LogP contribution is -2.42. The molecule has 0 radical (unpaired) electrons. The molecule has 1 aliphatic heterocycles. The highest BCUT2D eigenvalue weighted by atomic mass is 16.4. The summed E-state index contributed by atoms with van der Waals surface area (Å²) in [7, 11) is 0. The Balaban J connectivity index is 1.97. The number of piperidine rings is 1.